The Kier molecular flexibility index (Phi) is 9.12. The maximum atomic E-state index is 14.4. The molecule has 4 aromatic rings. The number of benzene rings is 2. The van der Waals surface area contributed by atoms with Gasteiger partial charge >= 0.3 is 5.97 Å². The first kappa shape index (κ1) is 31.3. The van der Waals surface area contributed by atoms with Gasteiger partial charge in [-0.1, -0.05) is 42.9 Å². The van der Waals surface area contributed by atoms with Crippen molar-refractivity contribution in [3.63, 3.8) is 0 Å². The molecule has 0 unspecified atom stereocenters. The molecule has 2 aliphatic rings. The van der Waals surface area contributed by atoms with E-state index in [1.54, 1.807) is 43.9 Å². The molecule has 0 aliphatic carbocycles. The smallest absolute Gasteiger partial charge is 0.338 e. The quantitative estimate of drug-likeness (QED) is 0.241. The van der Waals surface area contributed by atoms with E-state index in [0.717, 1.165) is 48.8 Å². The Balaban J connectivity index is 1.54. The minimum absolute atomic E-state index is 0.0892. The van der Waals surface area contributed by atoms with E-state index in [1.807, 2.05) is 52.9 Å². The summed E-state index contributed by atoms with van der Waals surface area (Å²) in [6, 6.07) is 12.4. The maximum Gasteiger partial charge on any atom is 0.338 e. The standard InChI is InChI=1S/C35H38N4O6S/c1-5-11-26-31(34(42)45-6-2)32(25-19-23(43-3)14-15-28(25)44-4)39-33(41)29(46-35(39)36-26)18-22-20-38(27-13-8-7-12-24(22)27)21-30(40)37-16-9-10-17-37/h7-8,12-15,18-20,32H,5-6,9-11,16-17,21H2,1-4H3/b29-18-/t32-/m0/s1. The Morgan fingerprint density at radius 2 is 1.85 bits per heavy atom. The number of esters is 1. The molecule has 1 fully saturated rings. The van der Waals surface area contributed by atoms with Gasteiger partial charge in [-0.05, 0) is 56.5 Å². The van der Waals surface area contributed by atoms with E-state index in [1.165, 1.54) is 11.3 Å². The molecular weight excluding hydrogens is 604 g/mol. The highest BCUT2D eigenvalue weighted by Gasteiger charge is 2.36. The molecule has 0 N–H and O–H groups in total. The average Bonchev–Trinajstić information content (AvgIpc) is 3.80. The number of aromatic nitrogens is 2. The molecule has 1 atom stereocenters. The van der Waals surface area contributed by atoms with E-state index in [9.17, 15) is 14.4 Å². The number of carbonyl (C=O) groups is 2. The molecule has 240 valence electrons. The highest BCUT2D eigenvalue weighted by Crippen LogP contribution is 2.38. The maximum absolute atomic E-state index is 14.4. The van der Waals surface area contributed by atoms with Gasteiger partial charge in [0.15, 0.2) is 4.80 Å². The van der Waals surface area contributed by atoms with Crippen LogP contribution in [0.4, 0.5) is 0 Å². The van der Waals surface area contributed by atoms with Gasteiger partial charge in [0.1, 0.15) is 24.1 Å². The van der Waals surface area contributed by atoms with Crippen molar-refractivity contribution >= 4 is 40.2 Å². The van der Waals surface area contributed by atoms with Crippen molar-refractivity contribution in [1.29, 1.82) is 0 Å². The van der Waals surface area contributed by atoms with Gasteiger partial charge in [-0.3, -0.25) is 14.2 Å². The summed E-state index contributed by atoms with van der Waals surface area (Å²) in [6.45, 7) is 5.76. The highest BCUT2D eigenvalue weighted by molar-refractivity contribution is 7.07. The molecule has 2 aromatic carbocycles. The van der Waals surface area contributed by atoms with Gasteiger partial charge in [-0.15, -0.1) is 0 Å². The monoisotopic (exact) mass is 642 g/mol. The zero-order valence-electron chi connectivity index (χ0n) is 26.6. The molecule has 2 aromatic heterocycles. The van der Waals surface area contributed by atoms with Crippen LogP contribution in [0.1, 0.15) is 56.7 Å². The third-order valence-corrected chi connectivity index (χ3v) is 9.48. The first-order valence-electron chi connectivity index (χ1n) is 15.7. The number of carbonyl (C=O) groups excluding carboxylic acids is 2. The van der Waals surface area contributed by atoms with E-state index in [2.05, 4.69) is 0 Å². The van der Waals surface area contributed by atoms with Crippen LogP contribution in [0.3, 0.4) is 0 Å². The largest absolute Gasteiger partial charge is 0.497 e. The number of likely N-dealkylation sites (tertiary alicyclic amines) is 1. The molecule has 4 heterocycles. The van der Waals surface area contributed by atoms with E-state index in [0.29, 0.717) is 44.1 Å². The van der Waals surface area contributed by atoms with Gasteiger partial charge in [0.05, 0.1) is 36.6 Å². The van der Waals surface area contributed by atoms with Crippen LogP contribution >= 0.6 is 11.3 Å². The number of amides is 1. The fourth-order valence-corrected chi connectivity index (χ4v) is 7.35. The summed E-state index contributed by atoms with van der Waals surface area (Å²) in [5.74, 6) is 0.632. The number of methoxy groups -OCH3 is 2. The van der Waals surface area contributed by atoms with Crippen molar-refractivity contribution in [2.45, 2.75) is 52.1 Å². The van der Waals surface area contributed by atoms with Gasteiger partial charge in [-0.25, -0.2) is 9.79 Å². The van der Waals surface area contributed by atoms with Crippen molar-refractivity contribution < 1.29 is 23.8 Å². The summed E-state index contributed by atoms with van der Waals surface area (Å²) < 4.78 is 20.8. The molecule has 0 radical (unpaired) electrons. The van der Waals surface area contributed by atoms with Crippen LogP contribution in [-0.4, -0.2) is 59.8 Å². The van der Waals surface area contributed by atoms with Crippen LogP contribution in [0.5, 0.6) is 11.5 Å². The van der Waals surface area contributed by atoms with E-state index >= 15 is 0 Å². The average molecular weight is 643 g/mol. The number of ether oxygens (including phenoxy) is 3. The molecule has 2 aliphatic heterocycles. The lowest BCUT2D eigenvalue weighted by molar-refractivity contribution is -0.139. The number of allylic oxidation sites excluding steroid dienone is 1. The van der Waals surface area contributed by atoms with Crippen molar-refractivity contribution in [3.05, 3.63) is 90.7 Å². The van der Waals surface area contributed by atoms with Crippen LogP contribution in [0.25, 0.3) is 17.0 Å². The second-order valence-electron chi connectivity index (χ2n) is 11.3. The SMILES string of the molecule is CCCC1=C(C(=O)OCC)[C@H](c2cc(OC)ccc2OC)n2c(s/c(=C\c3cn(CC(=O)N4CCCC4)c4ccccc34)c2=O)=N1. The van der Waals surface area contributed by atoms with Crippen molar-refractivity contribution in [1.82, 2.24) is 14.0 Å². The summed E-state index contributed by atoms with van der Waals surface area (Å²) in [6.07, 6.45) is 7.13. The summed E-state index contributed by atoms with van der Waals surface area (Å²) >= 11 is 1.27. The molecule has 0 saturated carbocycles. The van der Waals surface area contributed by atoms with Gasteiger partial charge in [0.25, 0.3) is 5.56 Å². The fraction of sp³-hybridized carbons (Fsp3) is 0.371. The summed E-state index contributed by atoms with van der Waals surface area (Å²) in [4.78, 5) is 48.4. The molecular formula is C35H38N4O6S. The molecule has 10 nitrogen and oxygen atoms in total. The first-order chi connectivity index (χ1) is 22.4. The Morgan fingerprint density at radius 3 is 2.57 bits per heavy atom. The molecule has 0 spiro atoms. The molecule has 46 heavy (non-hydrogen) atoms. The zero-order valence-corrected chi connectivity index (χ0v) is 27.4. The number of nitrogens with zero attached hydrogens (tertiary/aromatic N) is 4. The lowest BCUT2D eigenvalue weighted by Crippen LogP contribution is -2.40. The normalized spacial score (nSPS) is 16.5. The Hall–Kier alpha value is -4.64. The highest BCUT2D eigenvalue weighted by atomic mass is 32.1. The summed E-state index contributed by atoms with van der Waals surface area (Å²) in [5.41, 5.74) is 2.94. The van der Waals surface area contributed by atoms with Crippen LogP contribution in [0.15, 0.2) is 69.7 Å². The third-order valence-electron chi connectivity index (χ3n) is 8.49. The van der Waals surface area contributed by atoms with Crippen LogP contribution < -0.4 is 24.4 Å². The Morgan fingerprint density at radius 1 is 1.07 bits per heavy atom. The number of rotatable bonds is 10. The molecule has 6 rings (SSSR count). The van der Waals surface area contributed by atoms with Crippen LogP contribution in [0, 0.1) is 0 Å². The Bertz CT molecular complexity index is 2010. The van der Waals surface area contributed by atoms with Crippen molar-refractivity contribution in [2.24, 2.45) is 4.99 Å². The Labute approximate surface area is 270 Å². The van der Waals surface area contributed by atoms with Gasteiger partial charge in [0.2, 0.25) is 5.91 Å². The second kappa shape index (κ2) is 13.4. The van der Waals surface area contributed by atoms with Gasteiger partial charge in [-0.2, -0.15) is 0 Å². The number of para-hydroxylation sites is 1. The minimum Gasteiger partial charge on any atom is -0.497 e. The summed E-state index contributed by atoms with van der Waals surface area (Å²) in [5, 5.41) is 0.937. The van der Waals surface area contributed by atoms with E-state index in [4.69, 9.17) is 19.2 Å². The van der Waals surface area contributed by atoms with Gasteiger partial charge < -0.3 is 23.7 Å². The predicted molar refractivity (Wildman–Crippen MR) is 177 cm³/mol. The van der Waals surface area contributed by atoms with E-state index in [-0.39, 0.29) is 24.6 Å². The van der Waals surface area contributed by atoms with Crippen LogP contribution in [0.2, 0.25) is 0 Å². The number of fused-ring (bicyclic) bond motifs is 2. The number of thiazole rings is 1. The topological polar surface area (TPSA) is 104 Å². The minimum atomic E-state index is -0.844. The lowest BCUT2D eigenvalue weighted by atomic mass is 9.93. The van der Waals surface area contributed by atoms with Crippen molar-refractivity contribution in [3.8, 4) is 11.5 Å². The predicted octanol–water partition coefficient (Wildman–Crippen LogP) is 4.17. The lowest BCUT2D eigenvalue weighted by Gasteiger charge is -2.27. The molecule has 1 saturated heterocycles. The van der Waals surface area contributed by atoms with E-state index < -0.39 is 12.0 Å². The number of hydrogen-bond donors (Lipinski definition) is 0. The van der Waals surface area contributed by atoms with Gasteiger partial charge in [0, 0.05) is 41.3 Å². The molecule has 0 bridgehead atoms. The second-order valence-corrected chi connectivity index (χ2v) is 12.3. The van der Waals surface area contributed by atoms with Crippen molar-refractivity contribution in [2.75, 3.05) is 33.9 Å². The fourth-order valence-electron chi connectivity index (χ4n) is 6.34. The summed E-state index contributed by atoms with van der Waals surface area (Å²) in [7, 11) is 3.12. The molecule has 1 amide bonds. The molecule has 11 heteroatoms. The number of hydrogen-bond acceptors (Lipinski definition) is 8. The van der Waals surface area contributed by atoms with Crippen LogP contribution in [-0.2, 0) is 20.9 Å². The zero-order chi connectivity index (χ0) is 32.4. The first-order valence-corrected chi connectivity index (χ1v) is 16.5. The third kappa shape index (κ3) is 5.75.